The molecule has 0 radical (unpaired) electrons. The van der Waals surface area contributed by atoms with E-state index in [1.165, 1.54) is 16.8 Å². The van der Waals surface area contributed by atoms with Gasteiger partial charge >= 0.3 is 0 Å². The van der Waals surface area contributed by atoms with Crippen LogP contribution < -0.4 is 5.32 Å². The SMILES string of the molecule is CNC(c1cccc(C)c1Cl)C1CCc2cccnc21. The van der Waals surface area contributed by atoms with Crippen LogP contribution >= 0.6 is 11.6 Å². The molecule has 20 heavy (non-hydrogen) atoms. The number of likely N-dealkylation sites (N-methyl/N-ethyl adjacent to an activating group) is 1. The van der Waals surface area contributed by atoms with E-state index in [4.69, 9.17) is 11.6 Å². The number of aryl methyl sites for hydroxylation is 2. The summed E-state index contributed by atoms with van der Waals surface area (Å²) in [5.41, 5.74) is 4.91. The van der Waals surface area contributed by atoms with E-state index in [0.29, 0.717) is 5.92 Å². The van der Waals surface area contributed by atoms with Crippen molar-refractivity contribution < 1.29 is 0 Å². The predicted molar refractivity (Wildman–Crippen MR) is 83.3 cm³/mol. The van der Waals surface area contributed by atoms with Crippen LogP contribution in [0.25, 0.3) is 0 Å². The van der Waals surface area contributed by atoms with E-state index in [2.05, 4.69) is 41.5 Å². The van der Waals surface area contributed by atoms with Crippen LogP contribution in [0.5, 0.6) is 0 Å². The average Bonchev–Trinajstić information content (AvgIpc) is 2.88. The normalized spacial score (nSPS) is 18.9. The first-order chi connectivity index (χ1) is 9.72. The molecule has 2 aromatic rings. The highest BCUT2D eigenvalue weighted by Gasteiger charge is 2.32. The molecule has 0 saturated heterocycles. The fourth-order valence-corrected chi connectivity index (χ4v) is 3.50. The monoisotopic (exact) mass is 286 g/mol. The van der Waals surface area contributed by atoms with Crippen molar-refractivity contribution in [2.45, 2.75) is 31.7 Å². The van der Waals surface area contributed by atoms with Crippen molar-refractivity contribution >= 4 is 11.6 Å². The number of fused-ring (bicyclic) bond motifs is 1. The van der Waals surface area contributed by atoms with Crippen molar-refractivity contribution in [3.63, 3.8) is 0 Å². The van der Waals surface area contributed by atoms with Gasteiger partial charge in [-0.25, -0.2) is 0 Å². The van der Waals surface area contributed by atoms with Gasteiger partial charge in [-0.15, -0.1) is 0 Å². The molecule has 1 aliphatic rings. The summed E-state index contributed by atoms with van der Waals surface area (Å²) in [5, 5.41) is 4.32. The Kier molecular flexibility index (Phi) is 3.77. The van der Waals surface area contributed by atoms with Crippen LogP contribution in [-0.4, -0.2) is 12.0 Å². The minimum Gasteiger partial charge on any atom is -0.312 e. The average molecular weight is 287 g/mol. The summed E-state index contributed by atoms with van der Waals surface area (Å²) in [5.74, 6) is 0.399. The van der Waals surface area contributed by atoms with Gasteiger partial charge in [-0.1, -0.05) is 35.9 Å². The molecule has 1 aromatic carbocycles. The molecule has 0 fully saturated rings. The Bertz CT molecular complexity index is 624. The summed E-state index contributed by atoms with van der Waals surface area (Å²) in [7, 11) is 2.00. The van der Waals surface area contributed by atoms with Crippen molar-refractivity contribution in [2.75, 3.05) is 7.05 Å². The van der Waals surface area contributed by atoms with Gasteiger partial charge in [0.1, 0.15) is 0 Å². The number of hydrogen-bond acceptors (Lipinski definition) is 2. The van der Waals surface area contributed by atoms with E-state index in [9.17, 15) is 0 Å². The third kappa shape index (κ3) is 2.23. The number of nitrogens with zero attached hydrogens (tertiary/aromatic N) is 1. The number of benzene rings is 1. The highest BCUT2D eigenvalue weighted by Crippen LogP contribution is 2.42. The van der Waals surface area contributed by atoms with Gasteiger partial charge in [-0.3, -0.25) is 4.98 Å². The van der Waals surface area contributed by atoms with Crippen LogP contribution in [0.2, 0.25) is 5.02 Å². The van der Waals surface area contributed by atoms with E-state index in [-0.39, 0.29) is 6.04 Å². The van der Waals surface area contributed by atoms with Crippen LogP contribution in [0.4, 0.5) is 0 Å². The molecule has 1 heterocycles. The maximum absolute atomic E-state index is 6.51. The molecule has 1 N–H and O–H groups in total. The number of pyridine rings is 1. The minimum absolute atomic E-state index is 0.221. The van der Waals surface area contributed by atoms with Crippen molar-refractivity contribution in [3.8, 4) is 0 Å². The van der Waals surface area contributed by atoms with E-state index < -0.39 is 0 Å². The van der Waals surface area contributed by atoms with Crippen molar-refractivity contribution in [1.29, 1.82) is 0 Å². The molecule has 3 heteroatoms. The first-order valence-corrected chi connectivity index (χ1v) is 7.46. The Morgan fingerprint density at radius 1 is 1.30 bits per heavy atom. The van der Waals surface area contributed by atoms with E-state index in [1.54, 1.807) is 0 Å². The first-order valence-electron chi connectivity index (χ1n) is 7.08. The van der Waals surface area contributed by atoms with Crippen molar-refractivity contribution in [2.24, 2.45) is 0 Å². The van der Waals surface area contributed by atoms with Gasteiger partial charge in [0.2, 0.25) is 0 Å². The van der Waals surface area contributed by atoms with Crippen LogP contribution in [0.15, 0.2) is 36.5 Å². The van der Waals surface area contributed by atoms with Gasteiger partial charge in [-0.2, -0.15) is 0 Å². The summed E-state index contributed by atoms with van der Waals surface area (Å²) >= 11 is 6.51. The largest absolute Gasteiger partial charge is 0.312 e. The number of nitrogens with one attached hydrogen (secondary N) is 1. The Balaban J connectivity index is 2.02. The van der Waals surface area contributed by atoms with Gasteiger partial charge in [-0.05, 0) is 49.6 Å². The van der Waals surface area contributed by atoms with Crippen LogP contribution in [0, 0.1) is 6.92 Å². The molecule has 0 spiro atoms. The zero-order valence-corrected chi connectivity index (χ0v) is 12.6. The number of hydrogen-bond donors (Lipinski definition) is 1. The molecular formula is C17H19ClN2. The Morgan fingerprint density at radius 3 is 2.95 bits per heavy atom. The summed E-state index contributed by atoms with van der Waals surface area (Å²) in [6.45, 7) is 2.05. The third-order valence-electron chi connectivity index (χ3n) is 4.27. The van der Waals surface area contributed by atoms with Gasteiger partial charge in [0, 0.05) is 28.9 Å². The van der Waals surface area contributed by atoms with Gasteiger partial charge < -0.3 is 5.32 Å². The first kappa shape index (κ1) is 13.6. The lowest BCUT2D eigenvalue weighted by Gasteiger charge is -2.25. The van der Waals surface area contributed by atoms with E-state index >= 15 is 0 Å². The summed E-state index contributed by atoms with van der Waals surface area (Å²) < 4.78 is 0. The molecule has 1 aromatic heterocycles. The molecule has 0 bridgehead atoms. The molecule has 2 nitrogen and oxygen atoms in total. The molecule has 104 valence electrons. The minimum atomic E-state index is 0.221. The van der Waals surface area contributed by atoms with Crippen molar-refractivity contribution in [1.82, 2.24) is 10.3 Å². The second kappa shape index (κ2) is 5.55. The van der Waals surface area contributed by atoms with Crippen LogP contribution in [-0.2, 0) is 6.42 Å². The molecule has 2 atom stereocenters. The molecule has 3 rings (SSSR count). The zero-order chi connectivity index (χ0) is 14.1. The second-order valence-corrected chi connectivity index (χ2v) is 5.82. The number of aromatic nitrogens is 1. The van der Waals surface area contributed by atoms with E-state index in [0.717, 1.165) is 23.4 Å². The van der Waals surface area contributed by atoms with Gasteiger partial charge in [0.05, 0.1) is 0 Å². The Morgan fingerprint density at radius 2 is 2.15 bits per heavy atom. The smallest absolute Gasteiger partial charge is 0.0485 e. The summed E-state index contributed by atoms with van der Waals surface area (Å²) in [6, 6.07) is 10.7. The van der Waals surface area contributed by atoms with Gasteiger partial charge in [0.25, 0.3) is 0 Å². The lowest BCUT2D eigenvalue weighted by atomic mass is 9.90. The molecule has 0 aliphatic heterocycles. The fourth-order valence-electron chi connectivity index (χ4n) is 3.25. The third-order valence-corrected chi connectivity index (χ3v) is 4.79. The lowest BCUT2D eigenvalue weighted by molar-refractivity contribution is 0.470. The molecular weight excluding hydrogens is 268 g/mol. The molecule has 0 saturated carbocycles. The Labute approximate surface area is 125 Å². The maximum atomic E-state index is 6.51. The number of halogens is 1. The predicted octanol–water partition coefficient (Wildman–Crippen LogP) is 4.03. The second-order valence-electron chi connectivity index (χ2n) is 5.44. The van der Waals surface area contributed by atoms with Crippen LogP contribution in [0.1, 0.15) is 40.8 Å². The van der Waals surface area contributed by atoms with E-state index in [1.807, 2.05) is 19.3 Å². The van der Waals surface area contributed by atoms with Crippen LogP contribution in [0.3, 0.4) is 0 Å². The standard InChI is InChI=1S/C17H19ClN2/c1-11-5-3-7-13(15(11)18)17(19-2)14-9-8-12-6-4-10-20-16(12)14/h3-7,10,14,17,19H,8-9H2,1-2H3. The topological polar surface area (TPSA) is 24.9 Å². The zero-order valence-electron chi connectivity index (χ0n) is 11.9. The lowest BCUT2D eigenvalue weighted by Crippen LogP contribution is -2.23. The van der Waals surface area contributed by atoms with Crippen molar-refractivity contribution in [3.05, 3.63) is 63.9 Å². The number of rotatable bonds is 3. The summed E-state index contributed by atoms with van der Waals surface area (Å²) in [6.07, 6.45) is 4.12. The molecule has 0 amide bonds. The highest BCUT2D eigenvalue weighted by atomic mass is 35.5. The quantitative estimate of drug-likeness (QED) is 0.921. The Hall–Kier alpha value is -1.38. The maximum Gasteiger partial charge on any atom is 0.0485 e. The molecule has 1 aliphatic carbocycles. The molecule has 2 unspecified atom stereocenters. The summed E-state index contributed by atoms with van der Waals surface area (Å²) in [4.78, 5) is 4.60. The highest BCUT2D eigenvalue weighted by molar-refractivity contribution is 6.32. The van der Waals surface area contributed by atoms with Gasteiger partial charge in [0.15, 0.2) is 0 Å². The fraction of sp³-hybridized carbons (Fsp3) is 0.353.